The van der Waals surface area contributed by atoms with Crippen molar-refractivity contribution in [3.63, 3.8) is 0 Å². The third kappa shape index (κ3) is 2.86. The predicted octanol–water partition coefficient (Wildman–Crippen LogP) is 1.36. The minimum absolute atomic E-state index is 0.264. The first-order valence-corrected chi connectivity index (χ1v) is 5.86. The summed E-state index contributed by atoms with van der Waals surface area (Å²) < 4.78 is 0. The second-order valence-corrected chi connectivity index (χ2v) is 4.80. The maximum atomic E-state index is 11.9. The van der Waals surface area contributed by atoms with E-state index in [9.17, 15) is 4.79 Å². The Bertz CT molecular complexity index is 511. The number of hydrogen-bond acceptors (Lipinski definition) is 5. The normalized spacial score (nSPS) is 10.2. The average Bonchev–Trinajstić information content (AvgIpc) is 2.76. The molecule has 0 spiro atoms. The highest BCUT2D eigenvalue weighted by atomic mass is 32.1. The Morgan fingerprint density at radius 3 is 2.76 bits per heavy atom. The van der Waals surface area contributed by atoms with E-state index in [2.05, 4.69) is 9.97 Å². The van der Waals surface area contributed by atoms with Crippen molar-refractivity contribution >= 4 is 17.2 Å². The maximum absolute atomic E-state index is 11.9. The van der Waals surface area contributed by atoms with E-state index in [0.717, 1.165) is 15.4 Å². The molecule has 0 saturated heterocycles. The highest BCUT2D eigenvalue weighted by Crippen LogP contribution is 2.13. The van der Waals surface area contributed by atoms with Crippen LogP contribution in [0, 0.1) is 6.92 Å². The summed E-state index contributed by atoms with van der Waals surface area (Å²) in [6.45, 7) is 2.25. The molecule has 6 heteroatoms. The number of hydrogen-bond donors (Lipinski definition) is 1. The Labute approximate surface area is 103 Å². The van der Waals surface area contributed by atoms with E-state index in [4.69, 9.17) is 5.84 Å². The number of rotatable bonds is 3. The summed E-state index contributed by atoms with van der Waals surface area (Å²) in [5.74, 6) is 5.46. The van der Waals surface area contributed by atoms with E-state index >= 15 is 0 Å². The molecule has 0 saturated carbocycles. The summed E-state index contributed by atoms with van der Waals surface area (Å²) in [6.07, 6.45) is 5.00. The van der Waals surface area contributed by atoms with Crippen LogP contribution in [0.3, 0.4) is 0 Å². The van der Waals surface area contributed by atoms with Crippen molar-refractivity contribution in [2.75, 3.05) is 0 Å². The highest BCUT2D eigenvalue weighted by Gasteiger charge is 2.15. The minimum atomic E-state index is -0.264. The lowest BCUT2D eigenvalue weighted by atomic mass is 10.2. The van der Waals surface area contributed by atoms with Crippen molar-refractivity contribution in [1.82, 2.24) is 15.0 Å². The molecule has 0 unspecified atom stereocenters. The van der Waals surface area contributed by atoms with Crippen LogP contribution in [0.1, 0.15) is 20.2 Å². The zero-order valence-corrected chi connectivity index (χ0v) is 10.1. The van der Waals surface area contributed by atoms with Crippen molar-refractivity contribution in [1.29, 1.82) is 0 Å². The van der Waals surface area contributed by atoms with Crippen LogP contribution < -0.4 is 5.84 Å². The molecule has 88 valence electrons. The minimum Gasteiger partial charge on any atom is -0.270 e. The van der Waals surface area contributed by atoms with Gasteiger partial charge in [-0.05, 0) is 24.6 Å². The van der Waals surface area contributed by atoms with Gasteiger partial charge >= 0.3 is 0 Å². The molecule has 2 aromatic heterocycles. The molecule has 17 heavy (non-hydrogen) atoms. The summed E-state index contributed by atoms with van der Waals surface area (Å²) in [4.78, 5) is 20.8. The molecule has 0 bridgehead atoms. The van der Waals surface area contributed by atoms with Gasteiger partial charge in [0.05, 0.1) is 6.54 Å². The van der Waals surface area contributed by atoms with Gasteiger partial charge in [-0.2, -0.15) is 0 Å². The molecule has 0 aliphatic heterocycles. The Balaban J connectivity index is 2.06. The van der Waals surface area contributed by atoms with Gasteiger partial charge in [0.25, 0.3) is 5.91 Å². The molecule has 2 aromatic rings. The lowest BCUT2D eigenvalue weighted by molar-refractivity contribution is 0.0742. The van der Waals surface area contributed by atoms with Crippen LogP contribution in [0.2, 0.25) is 0 Å². The van der Waals surface area contributed by atoms with E-state index in [1.54, 1.807) is 18.6 Å². The molecule has 1 amide bonds. The lowest BCUT2D eigenvalue weighted by Gasteiger charge is -2.14. The van der Waals surface area contributed by atoms with Gasteiger partial charge in [0, 0.05) is 23.5 Å². The first-order valence-electron chi connectivity index (χ1n) is 5.04. The number of nitrogens with two attached hydrogens (primary N) is 1. The zero-order chi connectivity index (χ0) is 12.3. The van der Waals surface area contributed by atoms with E-state index in [-0.39, 0.29) is 5.91 Å². The number of pyridine rings is 1. The van der Waals surface area contributed by atoms with Gasteiger partial charge in [-0.25, -0.2) is 10.8 Å². The van der Waals surface area contributed by atoms with Crippen LogP contribution in [0.15, 0.2) is 30.7 Å². The lowest BCUT2D eigenvalue weighted by Crippen LogP contribution is -2.36. The molecule has 0 aliphatic carbocycles. The highest BCUT2D eigenvalue weighted by molar-refractivity contribution is 7.13. The van der Waals surface area contributed by atoms with Crippen molar-refractivity contribution in [3.8, 4) is 0 Å². The number of hydrazine groups is 1. The largest absolute Gasteiger partial charge is 0.297 e. The summed E-state index contributed by atoms with van der Waals surface area (Å²) in [5, 5.41) is 1.58. The van der Waals surface area contributed by atoms with Gasteiger partial charge in [-0.1, -0.05) is 0 Å². The van der Waals surface area contributed by atoms with Gasteiger partial charge in [-0.3, -0.25) is 14.8 Å². The van der Waals surface area contributed by atoms with Crippen LogP contribution in [0.4, 0.5) is 0 Å². The molecular weight excluding hydrogens is 236 g/mol. The fraction of sp³-hybridized carbons (Fsp3) is 0.182. The topological polar surface area (TPSA) is 72.1 Å². The summed E-state index contributed by atoms with van der Waals surface area (Å²) in [6, 6.07) is 3.64. The molecule has 0 radical (unpaired) electrons. The van der Waals surface area contributed by atoms with E-state index in [1.165, 1.54) is 11.3 Å². The van der Waals surface area contributed by atoms with Gasteiger partial charge in [0.2, 0.25) is 0 Å². The summed E-state index contributed by atoms with van der Waals surface area (Å²) in [7, 11) is 0. The Morgan fingerprint density at radius 1 is 1.47 bits per heavy atom. The number of amides is 1. The molecule has 2 heterocycles. The molecule has 5 nitrogen and oxygen atoms in total. The van der Waals surface area contributed by atoms with E-state index in [1.807, 2.05) is 19.1 Å². The molecule has 2 rings (SSSR count). The van der Waals surface area contributed by atoms with E-state index < -0.39 is 0 Å². The van der Waals surface area contributed by atoms with Crippen LogP contribution in [0.25, 0.3) is 0 Å². The third-order valence-corrected chi connectivity index (χ3v) is 3.07. The van der Waals surface area contributed by atoms with Gasteiger partial charge < -0.3 is 0 Å². The fourth-order valence-electron chi connectivity index (χ4n) is 1.33. The standard InChI is InChI=1S/C11H12N4OS/c1-8-6-14-10(17-8)11(16)15(12)7-9-2-4-13-5-3-9/h2-6H,7,12H2,1H3. The van der Waals surface area contributed by atoms with Gasteiger partial charge in [-0.15, -0.1) is 11.3 Å². The second-order valence-electron chi connectivity index (χ2n) is 3.56. The van der Waals surface area contributed by atoms with Crippen molar-refractivity contribution in [3.05, 3.63) is 46.2 Å². The number of nitrogens with zero attached hydrogens (tertiary/aromatic N) is 3. The molecular formula is C11H12N4OS. The smallest absolute Gasteiger partial charge is 0.270 e. The van der Waals surface area contributed by atoms with Crippen LogP contribution >= 0.6 is 11.3 Å². The van der Waals surface area contributed by atoms with Crippen LogP contribution in [-0.2, 0) is 6.54 Å². The number of carbonyl (C=O) groups is 1. The van der Waals surface area contributed by atoms with Crippen molar-refractivity contribution < 1.29 is 4.79 Å². The number of aromatic nitrogens is 2. The Hall–Kier alpha value is -1.79. The first kappa shape index (κ1) is 11.7. The van der Waals surface area contributed by atoms with Gasteiger partial charge in [0.15, 0.2) is 5.01 Å². The Kier molecular flexibility index (Phi) is 3.46. The number of thiazole rings is 1. The SMILES string of the molecule is Cc1cnc(C(=O)N(N)Cc2ccncc2)s1. The van der Waals surface area contributed by atoms with Crippen molar-refractivity contribution in [2.45, 2.75) is 13.5 Å². The number of aryl methyl sites for hydroxylation is 1. The van der Waals surface area contributed by atoms with E-state index in [0.29, 0.717) is 11.6 Å². The maximum Gasteiger partial charge on any atom is 0.297 e. The molecule has 0 aromatic carbocycles. The summed E-state index contributed by atoms with van der Waals surface area (Å²) in [5.41, 5.74) is 0.934. The summed E-state index contributed by atoms with van der Waals surface area (Å²) >= 11 is 1.34. The quantitative estimate of drug-likeness (QED) is 0.506. The first-order chi connectivity index (χ1) is 8.16. The molecule has 0 aliphatic rings. The van der Waals surface area contributed by atoms with Crippen LogP contribution in [0.5, 0.6) is 0 Å². The van der Waals surface area contributed by atoms with Gasteiger partial charge in [0.1, 0.15) is 0 Å². The average molecular weight is 248 g/mol. The van der Waals surface area contributed by atoms with Crippen molar-refractivity contribution in [2.24, 2.45) is 5.84 Å². The van der Waals surface area contributed by atoms with Crippen LogP contribution in [-0.4, -0.2) is 20.9 Å². The zero-order valence-electron chi connectivity index (χ0n) is 9.33. The molecule has 0 atom stereocenters. The second kappa shape index (κ2) is 5.03. The molecule has 2 N–H and O–H groups in total. The Morgan fingerprint density at radius 2 is 2.18 bits per heavy atom. The molecule has 0 fully saturated rings. The predicted molar refractivity (Wildman–Crippen MR) is 65.1 cm³/mol. The third-order valence-electron chi connectivity index (χ3n) is 2.17. The monoisotopic (exact) mass is 248 g/mol. The number of carbonyl (C=O) groups excluding carboxylic acids is 1. The fourth-order valence-corrected chi connectivity index (χ4v) is 2.05.